The lowest BCUT2D eigenvalue weighted by Crippen LogP contribution is -2.51. The van der Waals surface area contributed by atoms with E-state index in [1.807, 2.05) is 12.1 Å². The van der Waals surface area contributed by atoms with E-state index >= 15 is 0 Å². The predicted octanol–water partition coefficient (Wildman–Crippen LogP) is 5.26. The maximum Gasteiger partial charge on any atom is 0.161 e. The summed E-state index contributed by atoms with van der Waals surface area (Å²) in [6.45, 7) is 3.23. The van der Waals surface area contributed by atoms with Crippen LogP contribution in [-0.4, -0.2) is 64.2 Å². The van der Waals surface area contributed by atoms with Gasteiger partial charge in [0.15, 0.2) is 23.0 Å². The Hall–Kier alpha value is -3.26. The molecular weight excluding hydrogens is 480 g/mol. The molecule has 0 radical (unpaired) electrons. The Kier molecular flexibility index (Phi) is 8.37. The van der Waals surface area contributed by atoms with Gasteiger partial charge in [0, 0.05) is 19.1 Å². The van der Waals surface area contributed by atoms with E-state index in [0.29, 0.717) is 19.3 Å². The quantitative estimate of drug-likeness (QED) is 0.363. The van der Waals surface area contributed by atoms with E-state index in [9.17, 15) is 0 Å². The van der Waals surface area contributed by atoms with Crippen molar-refractivity contribution in [3.63, 3.8) is 0 Å². The number of ether oxygens (including phenoxy) is 5. The highest BCUT2D eigenvalue weighted by Crippen LogP contribution is 2.44. The van der Waals surface area contributed by atoms with Crippen LogP contribution in [0.4, 0.5) is 0 Å². The van der Waals surface area contributed by atoms with Gasteiger partial charge in [-0.3, -0.25) is 0 Å². The maximum absolute atomic E-state index is 6.23. The molecule has 0 aliphatic carbocycles. The van der Waals surface area contributed by atoms with Gasteiger partial charge in [0.25, 0.3) is 0 Å². The fourth-order valence-electron chi connectivity index (χ4n) is 5.80. The molecule has 5 rings (SSSR count). The van der Waals surface area contributed by atoms with Gasteiger partial charge in [-0.2, -0.15) is 0 Å². The summed E-state index contributed by atoms with van der Waals surface area (Å²) in [5, 5.41) is 5.06. The number of hydrogen-bond donors (Lipinski definition) is 0. The van der Waals surface area contributed by atoms with Crippen molar-refractivity contribution in [3.05, 3.63) is 82.9 Å². The zero-order chi connectivity index (χ0) is 26.5. The van der Waals surface area contributed by atoms with Crippen molar-refractivity contribution in [2.75, 3.05) is 48.1 Å². The lowest BCUT2D eigenvalue weighted by molar-refractivity contribution is -0.0866. The van der Waals surface area contributed by atoms with Crippen LogP contribution in [0.25, 0.3) is 0 Å². The molecular formula is C31H38N2O5. The van der Waals surface area contributed by atoms with Gasteiger partial charge < -0.3 is 23.7 Å². The van der Waals surface area contributed by atoms with Gasteiger partial charge in [0.05, 0.1) is 47.7 Å². The Labute approximate surface area is 225 Å². The van der Waals surface area contributed by atoms with E-state index in [4.69, 9.17) is 23.7 Å². The summed E-state index contributed by atoms with van der Waals surface area (Å²) in [5.74, 6) is 2.95. The highest BCUT2D eigenvalue weighted by atomic mass is 16.5. The van der Waals surface area contributed by atoms with E-state index in [0.717, 1.165) is 60.9 Å². The van der Waals surface area contributed by atoms with Crippen molar-refractivity contribution in [3.8, 4) is 23.0 Å². The first-order valence-electron chi connectivity index (χ1n) is 13.3. The molecule has 7 heteroatoms. The number of hydrogen-bond acceptors (Lipinski definition) is 7. The molecule has 0 unspecified atom stereocenters. The van der Waals surface area contributed by atoms with Gasteiger partial charge in [-0.25, -0.2) is 10.0 Å². The summed E-state index contributed by atoms with van der Waals surface area (Å²) in [6.07, 6.45) is 3.18. The van der Waals surface area contributed by atoms with Gasteiger partial charge in [0.1, 0.15) is 0 Å². The molecule has 38 heavy (non-hydrogen) atoms. The maximum atomic E-state index is 6.23. The Morgan fingerprint density at radius 3 is 2.18 bits per heavy atom. The van der Waals surface area contributed by atoms with Crippen molar-refractivity contribution in [2.45, 2.75) is 38.0 Å². The smallest absolute Gasteiger partial charge is 0.161 e. The summed E-state index contributed by atoms with van der Waals surface area (Å²) in [6, 6.07) is 21.2. The summed E-state index contributed by atoms with van der Waals surface area (Å²) >= 11 is 0. The number of nitrogens with zero attached hydrogens (tertiary/aromatic N) is 2. The first-order chi connectivity index (χ1) is 18.7. The van der Waals surface area contributed by atoms with Crippen LogP contribution in [0.2, 0.25) is 0 Å². The van der Waals surface area contributed by atoms with E-state index < -0.39 is 0 Å². The Bertz CT molecular complexity index is 1220. The second-order valence-electron chi connectivity index (χ2n) is 9.80. The van der Waals surface area contributed by atoms with Gasteiger partial charge in [-0.1, -0.05) is 36.4 Å². The Morgan fingerprint density at radius 1 is 0.737 bits per heavy atom. The van der Waals surface area contributed by atoms with Crippen LogP contribution in [-0.2, 0) is 17.8 Å². The molecule has 2 aliphatic rings. The van der Waals surface area contributed by atoms with Gasteiger partial charge in [0.2, 0.25) is 0 Å². The second-order valence-corrected chi connectivity index (χ2v) is 9.80. The van der Waals surface area contributed by atoms with Crippen LogP contribution in [0.3, 0.4) is 0 Å². The normalized spacial score (nSPS) is 19.7. The molecule has 0 aromatic heterocycles. The van der Waals surface area contributed by atoms with Gasteiger partial charge >= 0.3 is 0 Å². The lowest BCUT2D eigenvalue weighted by atomic mass is 9.88. The number of benzene rings is 3. The molecule has 0 N–H and O–H groups in total. The van der Waals surface area contributed by atoms with Crippen molar-refractivity contribution in [2.24, 2.45) is 0 Å². The van der Waals surface area contributed by atoms with Crippen LogP contribution in [0.5, 0.6) is 23.0 Å². The fourth-order valence-corrected chi connectivity index (χ4v) is 5.80. The summed E-state index contributed by atoms with van der Waals surface area (Å²) in [5.41, 5.74) is 4.84. The minimum atomic E-state index is -0.00640. The third-order valence-electron chi connectivity index (χ3n) is 7.67. The Morgan fingerprint density at radius 2 is 1.45 bits per heavy atom. The molecule has 1 fully saturated rings. The minimum absolute atomic E-state index is 0.00640. The van der Waals surface area contributed by atoms with Crippen LogP contribution >= 0.6 is 0 Å². The SMILES string of the molecule is COc1ccc([C@@H]2c3cc(OC)c(OC)cc3CCN2N2CCC[C@H]2COCc2ccccc2)cc1OC. The lowest BCUT2D eigenvalue weighted by Gasteiger charge is -2.45. The molecule has 202 valence electrons. The third-order valence-corrected chi connectivity index (χ3v) is 7.67. The number of rotatable bonds is 10. The third kappa shape index (κ3) is 5.32. The van der Waals surface area contributed by atoms with E-state index in [1.54, 1.807) is 28.4 Å². The fraction of sp³-hybridized carbons (Fsp3) is 0.419. The minimum Gasteiger partial charge on any atom is -0.493 e. The van der Waals surface area contributed by atoms with Crippen LogP contribution in [0.15, 0.2) is 60.7 Å². The zero-order valence-corrected chi connectivity index (χ0v) is 22.8. The molecule has 0 saturated carbocycles. The van der Waals surface area contributed by atoms with E-state index in [-0.39, 0.29) is 6.04 Å². The molecule has 1 saturated heterocycles. The average molecular weight is 519 g/mol. The molecule has 3 aromatic rings. The summed E-state index contributed by atoms with van der Waals surface area (Å²) < 4.78 is 28.8. The topological polar surface area (TPSA) is 52.6 Å². The van der Waals surface area contributed by atoms with Crippen LogP contribution in [0.1, 0.15) is 41.1 Å². The van der Waals surface area contributed by atoms with Crippen LogP contribution < -0.4 is 18.9 Å². The monoisotopic (exact) mass is 518 g/mol. The van der Waals surface area contributed by atoms with Crippen molar-refractivity contribution >= 4 is 0 Å². The molecule has 2 heterocycles. The molecule has 0 amide bonds. The average Bonchev–Trinajstić information content (AvgIpc) is 3.44. The number of methoxy groups -OCH3 is 4. The Balaban J connectivity index is 1.48. The van der Waals surface area contributed by atoms with Crippen LogP contribution in [0, 0.1) is 0 Å². The van der Waals surface area contributed by atoms with Crippen molar-refractivity contribution in [1.29, 1.82) is 0 Å². The first kappa shape index (κ1) is 26.4. The highest BCUT2D eigenvalue weighted by Gasteiger charge is 2.38. The van der Waals surface area contributed by atoms with Crippen molar-refractivity contribution < 1.29 is 23.7 Å². The zero-order valence-electron chi connectivity index (χ0n) is 22.8. The first-order valence-corrected chi connectivity index (χ1v) is 13.3. The second kappa shape index (κ2) is 12.1. The molecule has 7 nitrogen and oxygen atoms in total. The molecule has 0 spiro atoms. The standard InChI is InChI=1S/C31H38N2O5/c1-34-27-13-12-24(18-28(27)35-2)31-26-19-30(37-4)29(36-3)17-23(26)14-16-33(31)32-15-8-11-25(32)21-38-20-22-9-6-5-7-10-22/h5-7,9-10,12-13,17-19,25,31H,8,11,14-16,20-21H2,1-4H3/t25-,31+/m0/s1. The summed E-state index contributed by atoms with van der Waals surface area (Å²) in [4.78, 5) is 0. The predicted molar refractivity (Wildman–Crippen MR) is 147 cm³/mol. The number of fused-ring (bicyclic) bond motifs is 1. The summed E-state index contributed by atoms with van der Waals surface area (Å²) in [7, 11) is 6.73. The number of hydrazine groups is 1. The van der Waals surface area contributed by atoms with E-state index in [2.05, 4.69) is 58.5 Å². The molecule has 2 aliphatic heterocycles. The van der Waals surface area contributed by atoms with E-state index in [1.165, 1.54) is 16.7 Å². The molecule has 2 atom stereocenters. The van der Waals surface area contributed by atoms with Crippen molar-refractivity contribution in [1.82, 2.24) is 10.0 Å². The largest absolute Gasteiger partial charge is 0.493 e. The van der Waals surface area contributed by atoms with Gasteiger partial charge in [-0.15, -0.1) is 0 Å². The molecule has 0 bridgehead atoms. The molecule has 3 aromatic carbocycles. The highest BCUT2D eigenvalue weighted by molar-refractivity contribution is 5.53. The van der Waals surface area contributed by atoms with Gasteiger partial charge in [-0.05, 0) is 65.8 Å².